The van der Waals surface area contributed by atoms with E-state index < -0.39 is 6.36 Å². The predicted molar refractivity (Wildman–Crippen MR) is 99.9 cm³/mol. The number of anilines is 1. The number of halogens is 3. The first-order valence-electron chi connectivity index (χ1n) is 8.66. The van der Waals surface area contributed by atoms with E-state index in [0.29, 0.717) is 16.5 Å². The van der Waals surface area contributed by atoms with Gasteiger partial charge in [-0.3, -0.25) is 4.79 Å². The molecule has 4 rings (SSSR count). The molecule has 2 aromatic heterocycles. The maximum atomic E-state index is 12.7. The Balaban J connectivity index is 1.57. The molecule has 1 saturated carbocycles. The van der Waals surface area contributed by atoms with E-state index in [1.165, 1.54) is 23.5 Å². The number of nitrogens with one attached hydrogen (secondary N) is 1. The molecular formula is C19H16F3N3O2S. The molecule has 1 aromatic carbocycles. The Hall–Kier alpha value is -2.68. The maximum Gasteiger partial charge on any atom is 0.573 e. The van der Waals surface area contributed by atoms with Gasteiger partial charge in [-0.15, -0.1) is 24.5 Å². The van der Waals surface area contributed by atoms with E-state index in [9.17, 15) is 18.0 Å². The zero-order chi connectivity index (χ0) is 20.1. The van der Waals surface area contributed by atoms with Crippen molar-refractivity contribution < 1.29 is 22.7 Å². The summed E-state index contributed by atoms with van der Waals surface area (Å²) < 4.78 is 40.5. The van der Waals surface area contributed by atoms with Crippen molar-refractivity contribution in [3.05, 3.63) is 46.2 Å². The zero-order valence-electron chi connectivity index (χ0n) is 15.1. The van der Waals surface area contributed by atoms with E-state index in [4.69, 9.17) is 0 Å². The van der Waals surface area contributed by atoms with Crippen LogP contribution in [-0.2, 0) is 0 Å². The summed E-state index contributed by atoms with van der Waals surface area (Å²) in [5.41, 5.74) is 2.03. The number of hydrogen-bond acceptors (Lipinski definition) is 5. The van der Waals surface area contributed by atoms with Crippen molar-refractivity contribution in [2.24, 2.45) is 0 Å². The molecule has 28 heavy (non-hydrogen) atoms. The summed E-state index contributed by atoms with van der Waals surface area (Å²) in [6.07, 6.45) is -2.56. The van der Waals surface area contributed by atoms with Crippen LogP contribution in [0, 0.1) is 13.8 Å². The van der Waals surface area contributed by atoms with E-state index in [1.807, 2.05) is 13.8 Å². The van der Waals surface area contributed by atoms with Gasteiger partial charge in [0.05, 0.1) is 10.6 Å². The smallest absolute Gasteiger partial charge is 0.406 e. The monoisotopic (exact) mass is 407 g/mol. The number of hydrogen-bond donors (Lipinski definition) is 1. The van der Waals surface area contributed by atoms with Crippen LogP contribution in [0.25, 0.3) is 10.2 Å². The Labute approximate surface area is 162 Å². The number of benzene rings is 1. The van der Waals surface area contributed by atoms with Gasteiger partial charge in [0.2, 0.25) is 0 Å². The molecule has 0 aliphatic heterocycles. The van der Waals surface area contributed by atoms with Crippen molar-refractivity contribution in [1.82, 2.24) is 9.97 Å². The number of aromatic nitrogens is 2. The number of nitrogens with zero attached hydrogens (tertiary/aromatic N) is 2. The molecule has 0 saturated heterocycles. The summed E-state index contributed by atoms with van der Waals surface area (Å²) in [5.74, 6) is 0.568. The van der Waals surface area contributed by atoms with Gasteiger partial charge in [-0.25, -0.2) is 9.97 Å². The zero-order valence-corrected chi connectivity index (χ0v) is 15.9. The van der Waals surface area contributed by atoms with Gasteiger partial charge in [0, 0.05) is 17.0 Å². The van der Waals surface area contributed by atoms with Crippen LogP contribution in [0.1, 0.15) is 45.5 Å². The van der Waals surface area contributed by atoms with E-state index in [1.54, 1.807) is 0 Å². The maximum absolute atomic E-state index is 12.7. The summed E-state index contributed by atoms with van der Waals surface area (Å²) >= 11 is 1.30. The number of rotatable bonds is 4. The molecule has 146 valence electrons. The predicted octanol–water partition coefficient (Wildman–Crippen LogP) is 5.34. The number of amides is 1. The Bertz CT molecular complexity index is 1060. The molecule has 1 N–H and O–H groups in total. The van der Waals surface area contributed by atoms with E-state index in [0.717, 1.165) is 52.3 Å². The normalized spacial score (nSPS) is 14.3. The lowest BCUT2D eigenvalue weighted by Crippen LogP contribution is -2.17. The van der Waals surface area contributed by atoms with E-state index in [2.05, 4.69) is 20.0 Å². The highest BCUT2D eigenvalue weighted by Crippen LogP contribution is 2.40. The van der Waals surface area contributed by atoms with Crippen molar-refractivity contribution in [2.75, 3.05) is 5.32 Å². The van der Waals surface area contributed by atoms with E-state index in [-0.39, 0.29) is 11.7 Å². The molecule has 2 heterocycles. The lowest BCUT2D eigenvalue weighted by atomic mass is 10.1. The summed E-state index contributed by atoms with van der Waals surface area (Å²) in [6.45, 7) is 3.76. The van der Waals surface area contributed by atoms with Crippen LogP contribution in [0.15, 0.2) is 24.3 Å². The molecular weight excluding hydrogens is 391 g/mol. The van der Waals surface area contributed by atoms with Crippen molar-refractivity contribution in [3.8, 4) is 5.75 Å². The number of alkyl halides is 3. The lowest BCUT2D eigenvalue weighted by molar-refractivity contribution is -0.274. The third kappa shape index (κ3) is 3.80. The molecule has 0 atom stereocenters. The number of ether oxygens (including phenoxy) is 1. The lowest BCUT2D eigenvalue weighted by Gasteiger charge is -2.09. The summed E-state index contributed by atoms with van der Waals surface area (Å²) in [4.78, 5) is 23.2. The molecule has 3 aromatic rings. The molecule has 0 unspecified atom stereocenters. The van der Waals surface area contributed by atoms with Crippen molar-refractivity contribution in [1.29, 1.82) is 0 Å². The van der Waals surface area contributed by atoms with Gasteiger partial charge in [0.15, 0.2) is 0 Å². The first kappa shape index (κ1) is 18.7. The molecule has 1 fully saturated rings. The topological polar surface area (TPSA) is 64.1 Å². The second-order valence-electron chi connectivity index (χ2n) is 6.70. The van der Waals surface area contributed by atoms with Crippen LogP contribution >= 0.6 is 11.3 Å². The number of fused-ring (bicyclic) bond motifs is 1. The Morgan fingerprint density at radius 2 is 1.86 bits per heavy atom. The fourth-order valence-corrected chi connectivity index (χ4v) is 4.16. The minimum absolute atomic E-state index is 0.336. The van der Waals surface area contributed by atoms with Gasteiger partial charge in [-0.1, -0.05) is 0 Å². The Kier molecular flexibility index (Phi) is 4.49. The van der Waals surface area contributed by atoms with Crippen molar-refractivity contribution >= 4 is 33.1 Å². The second-order valence-corrected chi connectivity index (χ2v) is 7.70. The van der Waals surface area contributed by atoms with Crippen LogP contribution in [-0.4, -0.2) is 22.2 Å². The first-order chi connectivity index (χ1) is 13.2. The molecule has 1 aliphatic carbocycles. The summed E-state index contributed by atoms with van der Waals surface area (Å²) in [5, 5.41) is 3.59. The highest BCUT2D eigenvalue weighted by atomic mass is 32.1. The molecule has 0 radical (unpaired) electrons. The highest BCUT2D eigenvalue weighted by molar-refractivity contribution is 7.20. The van der Waals surface area contributed by atoms with Gasteiger partial charge in [-0.05, 0) is 56.5 Å². The second kappa shape index (κ2) is 6.73. The average Bonchev–Trinajstić information content (AvgIpc) is 3.39. The third-order valence-electron chi connectivity index (χ3n) is 4.48. The van der Waals surface area contributed by atoms with Gasteiger partial charge >= 0.3 is 6.36 Å². The van der Waals surface area contributed by atoms with Crippen LogP contribution in [0.4, 0.5) is 18.9 Å². The van der Waals surface area contributed by atoms with Crippen LogP contribution < -0.4 is 10.1 Å². The Morgan fingerprint density at radius 3 is 2.46 bits per heavy atom. The number of carbonyl (C=O) groups excluding carboxylic acids is 1. The first-order valence-corrected chi connectivity index (χ1v) is 9.48. The average molecular weight is 407 g/mol. The SMILES string of the molecule is Cc1nc(C2CC2)nc2sc(C(=O)Nc3ccc(OC(F)(F)F)cc3)c(C)c12. The van der Waals surface area contributed by atoms with Crippen molar-refractivity contribution in [2.45, 2.75) is 39.0 Å². The van der Waals surface area contributed by atoms with Crippen molar-refractivity contribution in [3.63, 3.8) is 0 Å². The number of thiophene rings is 1. The molecule has 0 spiro atoms. The Morgan fingerprint density at radius 1 is 1.18 bits per heavy atom. The number of carbonyl (C=O) groups is 1. The standard InChI is InChI=1S/C19H16F3N3O2S/c1-9-14-10(2)23-16(11-3-4-11)25-18(14)28-15(9)17(26)24-12-5-7-13(8-6-12)27-19(20,21)22/h5-8,11H,3-4H2,1-2H3,(H,24,26). The van der Waals surface area contributed by atoms with Gasteiger partial charge in [0.1, 0.15) is 16.4 Å². The van der Waals surface area contributed by atoms with E-state index >= 15 is 0 Å². The molecule has 0 bridgehead atoms. The van der Waals surface area contributed by atoms with Gasteiger partial charge < -0.3 is 10.1 Å². The molecule has 1 aliphatic rings. The quantitative estimate of drug-likeness (QED) is 0.634. The highest BCUT2D eigenvalue weighted by Gasteiger charge is 2.31. The van der Waals surface area contributed by atoms with Crippen LogP contribution in [0.5, 0.6) is 5.75 Å². The minimum Gasteiger partial charge on any atom is -0.406 e. The fourth-order valence-electron chi connectivity index (χ4n) is 3.03. The summed E-state index contributed by atoms with van der Waals surface area (Å²) in [6, 6.07) is 5.02. The van der Waals surface area contributed by atoms with Crippen LogP contribution in [0.3, 0.4) is 0 Å². The summed E-state index contributed by atoms with van der Waals surface area (Å²) in [7, 11) is 0. The van der Waals surface area contributed by atoms with Gasteiger partial charge in [-0.2, -0.15) is 0 Å². The number of aryl methyl sites for hydroxylation is 2. The van der Waals surface area contributed by atoms with Crippen LogP contribution in [0.2, 0.25) is 0 Å². The molecule has 5 nitrogen and oxygen atoms in total. The molecule has 1 amide bonds. The van der Waals surface area contributed by atoms with Gasteiger partial charge in [0.25, 0.3) is 5.91 Å². The largest absolute Gasteiger partial charge is 0.573 e. The third-order valence-corrected chi connectivity index (χ3v) is 5.67. The molecule has 9 heteroatoms. The fraction of sp³-hybridized carbons (Fsp3) is 0.316. The minimum atomic E-state index is -4.75.